The molecule has 6 nitrogen and oxygen atoms in total. The molecular weight excluding hydrogens is 260 g/mol. The molecule has 0 spiro atoms. The van der Waals surface area contributed by atoms with Gasteiger partial charge in [-0.2, -0.15) is 0 Å². The average Bonchev–Trinajstić information content (AvgIpc) is 3.02. The van der Waals surface area contributed by atoms with Crippen molar-refractivity contribution in [1.29, 1.82) is 0 Å². The first-order valence-corrected chi connectivity index (χ1v) is 6.46. The van der Waals surface area contributed by atoms with Gasteiger partial charge in [0, 0.05) is 18.4 Å². The third-order valence-electron chi connectivity index (χ3n) is 3.55. The summed E-state index contributed by atoms with van der Waals surface area (Å²) in [5.41, 5.74) is 1.09. The fourth-order valence-corrected chi connectivity index (χ4v) is 2.34. The third kappa shape index (κ3) is 2.49. The number of aliphatic carboxylic acids is 1. The molecule has 1 aromatic rings. The van der Waals surface area contributed by atoms with Gasteiger partial charge in [0.05, 0.1) is 0 Å². The van der Waals surface area contributed by atoms with Crippen molar-refractivity contribution in [2.24, 2.45) is 5.16 Å². The molecule has 0 aromatic heterocycles. The number of rotatable bonds is 4. The van der Waals surface area contributed by atoms with Crippen LogP contribution in [0.1, 0.15) is 24.3 Å². The number of nitrogens with zero attached hydrogens (tertiary/aromatic N) is 1. The number of oxime groups is 1. The Bertz CT molecular complexity index is 570. The zero-order valence-electron chi connectivity index (χ0n) is 10.7. The van der Waals surface area contributed by atoms with Gasteiger partial charge in [0.1, 0.15) is 0 Å². The maximum Gasteiger partial charge on any atom is 0.353 e. The van der Waals surface area contributed by atoms with Gasteiger partial charge in [-0.25, -0.2) is 4.79 Å². The van der Waals surface area contributed by atoms with Crippen molar-refractivity contribution in [3.8, 4) is 0 Å². The highest BCUT2D eigenvalue weighted by Crippen LogP contribution is 2.40. The number of benzene rings is 1. The highest BCUT2D eigenvalue weighted by Gasteiger charge is 2.42. The van der Waals surface area contributed by atoms with E-state index < -0.39 is 12.1 Å². The van der Waals surface area contributed by atoms with Crippen LogP contribution < -0.4 is 5.32 Å². The van der Waals surface area contributed by atoms with E-state index in [-0.39, 0.29) is 24.1 Å². The molecule has 20 heavy (non-hydrogen) atoms. The summed E-state index contributed by atoms with van der Waals surface area (Å²) in [6.07, 6.45) is 0.0945. The predicted molar refractivity (Wildman–Crippen MR) is 70.3 cm³/mol. The maximum absolute atomic E-state index is 11.9. The Morgan fingerprint density at radius 1 is 1.30 bits per heavy atom. The Morgan fingerprint density at radius 2 is 2.05 bits per heavy atom. The molecule has 1 aromatic carbocycles. The molecule has 0 saturated heterocycles. The zero-order valence-corrected chi connectivity index (χ0v) is 10.7. The number of carboxylic acids is 1. The van der Waals surface area contributed by atoms with Gasteiger partial charge in [0.2, 0.25) is 6.10 Å². The first-order valence-electron chi connectivity index (χ1n) is 6.46. The van der Waals surface area contributed by atoms with Crippen molar-refractivity contribution in [2.75, 3.05) is 0 Å². The molecule has 3 rings (SSSR count). The quantitative estimate of drug-likeness (QED) is 0.853. The summed E-state index contributed by atoms with van der Waals surface area (Å²) in [4.78, 5) is 27.5. The monoisotopic (exact) mass is 274 g/mol. The largest absolute Gasteiger partial charge is 0.477 e. The van der Waals surface area contributed by atoms with Gasteiger partial charge in [-0.1, -0.05) is 35.5 Å². The second kappa shape index (κ2) is 4.96. The van der Waals surface area contributed by atoms with Crippen LogP contribution >= 0.6 is 0 Å². The lowest BCUT2D eigenvalue weighted by Crippen LogP contribution is -2.37. The summed E-state index contributed by atoms with van der Waals surface area (Å²) in [7, 11) is 0. The van der Waals surface area contributed by atoms with Crippen LogP contribution in [0.5, 0.6) is 0 Å². The molecule has 1 saturated carbocycles. The van der Waals surface area contributed by atoms with Crippen molar-refractivity contribution in [2.45, 2.75) is 30.9 Å². The SMILES string of the molecule is O=C(O)C1=NOC(C(=O)NC2CC2c2ccccc2)C1. The van der Waals surface area contributed by atoms with E-state index in [1.54, 1.807) is 0 Å². The molecule has 0 bridgehead atoms. The highest BCUT2D eigenvalue weighted by atomic mass is 16.6. The van der Waals surface area contributed by atoms with Gasteiger partial charge in [-0.05, 0) is 12.0 Å². The highest BCUT2D eigenvalue weighted by molar-refractivity contribution is 6.36. The van der Waals surface area contributed by atoms with Crippen LogP contribution in [0.15, 0.2) is 35.5 Å². The molecule has 2 N–H and O–H groups in total. The summed E-state index contributed by atoms with van der Waals surface area (Å²) >= 11 is 0. The van der Waals surface area contributed by atoms with E-state index in [9.17, 15) is 9.59 Å². The first kappa shape index (κ1) is 12.7. The first-order chi connectivity index (χ1) is 9.65. The molecule has 1 heterocycles. The molecule has 3 unspecified atom stereocenters. The number of carboxylic acid groups (broad SMARTS) is 1. The van der Waals surface area contributed by atoms with Crippen LogP contribution in [-0.4, -0.2) is 34.8 Å². The van der Waals surface area contributed by atoms with Crippen molar-refractivity contribution < 1.29 is 19.5 Å². The molecular formula is C14H14N2O4. The van der Waals surface area contributed by atoms with Crippen molar-refractivity contribution in [3.63, 3.8) is 0 Å². The minimum atomic E-state index is -1.14. The Kier molecular flexibility index (Phi) is 3.14. The molecule has 1 aliphatic heterocycles. The standard InChI is InChI=1S/C14H14N2O4/c17-13(12-7-11(14(18)19)16-20-12)15-10-6-9(10)8-4-2-1-3-5-8/h1-5,9-10,12H,6-7H2,(H,15,17)(H,18,19). The lowest BCUT2D eigenvalue weighted by atomic mass is 10.1. The normalized spacial score (nSPS) is 27.4. The second-order valence-electron chi connectivity index (χ2n) is 5.01. The molecule has 2 aliphatic rings. The predicted octanol–water partition coefficient (Wildman–Crippen LogP) is 0.888. The van der Waals surface area contributed by atoms with Crippen LogP contribution in [0.2, 0.25) is 0 Å². The van der Waals surface area contributed by atoms with Crippen LogP contribution in [0, 0.1) is 0 Å². The Labute approximate surface area is 115 Å². The van der Waals surface area contributed by atoms with E-state index in [1.807, 2.05) is 30.3 Å². The molecule has 1 amide bonds. The molecule has 104 valence electrons. The Balaban J connectivity index is 1.51. The van der Waals surface area contributed by atoms with Crippen LogP contribution in [-0.2, 0) is 14.4 Å². The number of nitrogens with one attached hydrogen (secondary N) is 1. The topological polar surface area (TPSA) is 88.0 Å². The minimum Gasteiger partial charge on any atom is -0.477 e. The molecule has 1 fully saturated rings. The summed E-state index contributed by atoms with van der Waals surface area (Å²) in [5, 5.41) is 15.0. The number of amides is 1. The van der Waals surface area contributed by atoms with Crippen molar-refractivity contribution in [1.82, 2.24) is 5.32 Å². The van der Waals surface area contributed by atoms with E-state index in [0.29, 0.717) is 5.92 Å². The van der Waals surface area contributed by atoms with E-state index in [1.165, 1.54) is 5.56 Å². The van der Waals surface area contributed by atoms with Crippen LogP contribution in [0.3, 0.4) is 0 Å². The number of carbonyl (C=O) groups excluding carboxylic acids is 1. The van der Waals surface area contributed by atoms with Gasteiger partial charge >= 0.3 is 5.97 Å². The van der Waals surface area contributed by atoms with Crippen LogP contribution in [0.25, 0.3) is 0 Å². The smallest absolute Gasteiger partial charge is 0.353 e. The Hall–Kier alpha value is -2.37. The minimum absolute atomic E-state index is 0.0177. The fourth-order valence-electron chi connectivity index (χ4n) is 2.34. The lowest BCUT2D eigenvalue weighted by molar-refractivity contribution is -0.131. The number of hydrogen-bond acceptors (Lipinski definition) is 4. The average molecular weight is 274 g/mol. The van der Waals surface area contributed by atoms with Gasteiger partial charge in [-0.3, -0.25) is 4.79 Å². The summed E-state index contributed by atoms with van der Waals surface area (Å²) in [6, 6.07) is 10.1. The van der Waals surface area contributed by atoms with Gasteiger partial charge < -0.3 is 15.3 Å². The van der Waals surface area contributed by atoms with Crippen molar-refractivity contribution >= 4 is 17.6 Å². The maximum atomic E-state index is 11.9. The third-order valence-corrected chi connectivity index (χ3v) is 3.55. The summed E-state index contributed by atoms with van der Waals surface area (Å²) in [6.45, 7) is 0. The van der Waals surface area contributed by atoms with E-state index in [2.05, 4.69) is 10.5 Å². The van der Waals surface area contributed by atoms with E-state index in [4.69, 9.17) is 9.94 Å². The molecule has 6 heteroatoms. The lowest BCUT2D eigenvalue weighted by Gasteiger charge is -2.09. The number of carbonyl (C=O) groups is 2. The molecule has 1 aliphatic carbocycles. The fraction of sp³-hybridized carbons (Fsp3) is 0.357. The Morgan fingerprint density at radius 3 is 2.70 bits per heavy atom. The van der Waals surface area contributed by atoms with Crippen LogP contribution in [0.4, 0.5) is 0 Å². The van der Waals surface area contributed by atoms with Gasteiger partial charge in [0.15, 0.2) is 5.71 Å². The van der Waals surface area contributed by atoms with Gasteiger partial charge in [-0.15, -0.1) is 0 Å². The molecule has 0 radical (unpaired) electrons. The zero-order chi connectivity index (χ0) is 14.1. The summed E-state index contributed by atoms with van der Waals surface area (Å²) < 4.78 is 0. The summed E-state index contributed by atoms with van der Waals surface area (Å²) in [5.74, 6) is -1.11. The number of hydrogen-bond donors (Lipinski definition) is 2. The van der Waals surface area contributed by atoms with Gasteiger partial charge in [0.25, 0.3) is 5.91 Å². The van der Waals surface area contributed by atoms with E-state index >= 15 is 0 Å². The van der Waals surface area contributed by atoms with Crippen molar-refractivity contribution in [3.05, 3.63) is 35.9 Å². The molecule has 3 atom stereocenters. The van der Waals surface area contributed by atoms with E-state index in [0.717, 1.165) is 6.42 Å². The second-order valence-corrected chi connectivity index (χ2v) is 5.01.